The number of thioether (sulfide) groups is 1. The molecule has 1 saturated heterocycles. The molecule has 6 nitrogen and oxygen atoms in total. The fraction of sp³-hybridized carbons (Fsp3) is 0.414. The Hall–Kier alpha value is -3.06. The summed E-state index contributed by atoms with van der Waals surface area (Å²) < 4.78 is 6.10. The van der Waals surface area contributed by atoms with Crippen LogP contribution in [-0.4, -0.2) is 38.7 Å². The van der Waals surface area contributed by atoms with Gasteiger partial charge in [0.2, 0.25) is 0 Å². The van der Waals surface area contributed by atoms with E-state index in [1.54, 1.807) is 6.07 Å². The molecule has 3 aromatic rings. The molecule has 4 rings (SSSR count). The normalized spacial score (nSPS) is 20.7. The highest BCUT2D eigenvalue weighted by Gasteiger charge is 2.49. The largest absolute Gasteiger partial charge is 0.477 e. The van der Waals surface area contributed by atoms with Gasteiger partial charge < -0.3 is 14.8 Å². The van der Waals surface area contributed by atoms with Gasteiger partial charge in [-0.05, 0) is 53.5 Å². The lowest BCUT2D eigenvalue weighted by Crippen LogP contribution is -2.52. The topological polar surface area (TPSA) is 96.5 Å². The maximum absolute atomic E-state index is 13.5. The Balaban J connectivity index is 1.62. The van der Waals surface area contributed by atoms with E-state index in [1.807, 2.05) is 77.1 Å². The van der Waals surface area contributed by atoms with Crippen molar-refractivity contribution in [3.05, 3.63) is 65.4 Å². The lowest BCUT2D eigenvalue weighted by atomic mass is 9.78. The zero-order chi connectivity index (χ0) is 26.3. The second-order valence-electron chi connectivity index (χ2n) is 10.9. The molecular weight excluding hydrogens is 474 g/mol. The van der Waals surface area contributed by atoms with Crippen molar-refractivity contribution in [2.75, 3.05) is 0 Å². The average Bonchev–Trinajstić information content (AvgIpc) is 3.23. The van der Waals surface area contributed by atoms with Gasteiger partial charge in [0.25, 0.3) is 0 Å². The molecule has 36 heavy (non-hydrogen) atoms. The van der Waals surface area contributed by atoms with E-state index in [4.69, 9.17) is 4.74 Å². The molecule has 0 aliphatic carbocycles. The number of Topliss-reactive ketones (excluding diaryl/α,β-unsaturated/α-hetero) is 1. The quantitative estimate of drug-likeness (QED) is 0.293. The number of aromatic carboxylic acids is 1. The molecule has 0 radical (unpaired) electrons. The molecule has 1 aliphatic rings. The van der Waals surface area contributed by atoms with Crippen molar-refractivity contribution in [3.8, 4) is 0 Å². The van der Waals surface area contributed by atoms with Crippen molar-refractivity contribution in [1.29, 1.82) is 0 Å². The van der Waals surface area contributed by atoms with Gasteiger partial charge in [-0.1, -0.05) is 65.0 Å². The SMILES string of the molecule is CC(C)C1(CCc2ccccc2)CC(=O)C(Sc2cc3cc(C(=O)O)[nH]c3cc2C(C)(C)C)C(=O)O1. The van der Waals surface area contributed by atoms with Crippen LogP contribution in [0.15, 0.2) is 53.4 Å². The summed E-state index contributed by atoms with van der Waals surface area (Å²) in [6.07, 6.45) is 1.49. The van der Waals surface area contributed by atoms with E-state index in [9.17, 15) is 19.5 Å². The minimum atomic E-state index is -1.04. The van der Waals surface area contributed by atoms with Crippen molar-refractivity contribution < 1.29 is 24.2 Å². The monoisotopic (exact) mass is 507 g/mol. The van der Waals surface area contributed by atoms with E-state index in [0.717, 1.165) is 27.8 Å². The minimum Gasteiger partial charge on any atom is -0.477 e. The molecule has 2 N–H and O–H groups in total. The van der Waals surface area contributed by atoms with Crippen molar-refractivity contribution >= 4 is 40.4 Å². The molecule has 0 bridgehead atoms. The molecule has 7 heteroatoms. The summed E-state index contributed by atoms with van der Waals surface area (Å²) in [4.78, 5) is 41.9. The molecule has 2 aromatic carbocycles. The predicted molar refractivity (Wildman–Crippen MR) is 142 cm³/mol. The number of aromatic amines is 1. The van der Waals surface area contributed by atoms with Gasteiger partial charge in [-0.3, -0.25) is 9.59 Å². The Morgan fingerprint density at radius 1 is 1.17 bits per heavy atom. The van der Waals surface area contributed by atoms with E-state index < -0.39 is 22.8 Å². The molecular formula is C29H33NO5S. The summed E-state index contributed by atoms with van der Waals surface area (Å²) in [5.74, 6) is -1.67. The van der Waals surface area contributed by atoms with Crippen LogP contribution in [0.5, 0.6) is 0 Å². The van der Waals surface area contributed by atoms with Crippen LogP contribution in [0.4, 0.5) is 0 Å². The highest BCUT2D eigenvalue weighted by molar-refractivity contribution is 8.01. The number of cyclic esters (lactones) is 1. The molecule has 0 amide bonds. The lowest BCUT2D eigenvalue weighted by molar-refractivity contribution is -0.176. The van der Waals surface area contributed by atoms with Gasteiger partial charge in [0.15, 0.2) is 11.0 Å². The van der Waals surface area contributed by atoms with Crippen molar-refractivity contribution in [1.82, 2.24) is 4.98 Å². The van der Waals surface area contributed by atoms with E-state index in [-0.39, 0.29) is 29.2 Å². The Bertz CT molecular complexity index is 1280. The van der Waals surface area contributed by atoms with Crippen molar-refractivity contribution in [2.24, 2.45) is 5.92 Å². The van der Waals surface area contributed by atoms with Crippen LogP contribution < -0.4 is 0 Å². The van der Waals surface area contributed by atoms with Crippen LogP contribution in [0.25, 0.3) is 10.9 Å². The zero-order valence-electron chi connectivity index (χ0n) is 21.4. The number of nitrogens with one attached hydrogen (secondary N) is 1. The molecule has 0 saturated carbocycles. The van der Waals surface area contributed by atoms with E-state index in [1.165, 1.54) is 11.8 Å². The standard InChI is InChI=1S/C29H33NO5S/c1-17(2)29(12-11-18-9-7-6-8-10-18)16-23(31)25(27(34)35-29)36-24-14-19-13-22(26(32)33)30-21(19)15-20(24)28(3,4)5/h6-10,13-15,17,25,30H,11-12,16H2,1-5H3,(H,32,33). The van der Waals surface area contributed by atoms with Gasteiger partial charge in [0.1, 0.15) is 11.3 Å². The molecule has 1 fully saturated rings. The number of carboxylic acid groups (broad SMARTS) is 1. The molecule has 1 aliphatic heterocycles. The number of hydrogen-bond donors (Lipinski definition) is 2. The first kappa shape index (κ1) is 26.0. The van der Waals surface area contributed by atoms with Gasteiger partial charge in [0.05, 0.1) is 0 Å². The molecule has 2 atom stereocenters. The lowest BCUT2D eigenvalue weighted by Gasteiger charge is -2.41. The predicted octanol–water partition coefficient (Wildman–Crippen LogP) is 6.17. The number of fused-ring (bicyclic) bond motifs is 1. The number of esters is 1. The number of carboxylic acids is 1. The maximum atomic E-state index is 13.5. The highest BCUT2D eigenvalue weighted by atomic mass is 32.2. The third kappa shape index (κ3) is 5.21. The number of H-pyrrole nitrogens is 1. The number of aromatic nitrogens is 1. The number of carbonyl (C=O) groups is 3. The Kier molecular flexibility index (Phi) is 7.06. The van der Waals surface area contributed by atoms with Crippen molar-refractivity contribution in [2.45, 2.75) is 75.0 Å². The zero-order valence-corrected chi connectivity index (χ0v) is 22.2. The number of aryl methyl sites for hydroxylation is 1. The maximum Gasteiger partial charge on any atom is 0.352 e. The van der Waals surface area contributed by atoms with Gasteiger partial charge in [-0.15, -0.1) is 11.8 Å². The fourth-order valence-electron chi connectivity index (χ4n) is 4.76. The van der Waals surface area contributed by atoms with E-state index >= 15 is 0 Å². The van der Waals surface area contributed by atoms with Gasteiger partial charge in [-0.2, -0.15) is 0 Å². The number of ketones is 1. The molecule has 1 aromatic heterocycles. The van der Waals surface area contributed by atoms with Gasteiger partial charge >= 0.3 is 11.9 Å². The fourth-order valence-corrected chi connectivity index (χ4v) is 6.06. The Morgan fingerprint density at radius 3 is 2.44 bits per heavy atom. The number of carbonyl (C=O) groups excluding carboxylic acids is 2. The average molecular weight is 508 g/mol. The van der Waals surface area contributed by atoms with Crippen molar-refractivity contribution in [3.63, 3.8) is 0 Å². The van der Waals surface area contributed by atoms with Crippen LogP contribution in [0.1, 0.15) is 69.1 Å². The number of rotatable bonds is 7. The number of benzene rings is 2. The first-order valence-corrected chi connectivity index (χ1v) is 13.1. The molecule has 0 spiro atoms. The summed E-state index contributed by atoms with van der Waals surface area (Å²) in [5, 5.41) is 9.15. The van der Waals surface area contributed by atoms with Gasteiger partial charge in [0, 0.05) is 22.2 Å². The van der Waals surface area contributed by atoms with Crippen LogP contribution in [0.2, 0.25) is 0 Å². The summed E-state index contributed by atoms with van der Waals surface area (Å²) in [6, 6.07) is 15.4. The minimum absolute atomic E-state index is 0.00385. The van der Waals surface area contributed by atoms with E-state index in [2.05, 4.69) is 4.98 Å². The summed E-state index contributed by atoms with van der Waals surface area (Å²) in [6.45, 7) is 10.1. The smallest absolute Gasteiger partial charge is 0.352 e. The number of ether oxygens (including phenoxy) is 1. The molecule has 2 unspecified atom stereocenters. The first-order chi connectivity index (χ1) is 16.9. The third-order valence-electron chi connectivity index (χ3n) is 7.02. The van der Waals surface area contributed by atoms with Crippen LogP contribution >= 0.6 is 11.8 Å². The molecule has 2 heterocycles. The highest BCUT2D eigenvalue weighted by Crippen LogP contribution is 2.43. The summed E-state index contributed by atoms with van der Waals surface area (Å²) in [5.41, 5.74) is 1.77. The first-order valence-electron chi connectivity index (χ1n) is 12.3. The summed E-state index contributed by atoms with van der Waals surface area (Å²) in [7, 11) is 0. The van der Waals surface area contributed by atoms with Gasteiger partial charge in [-0.25, -0.2) is 4.79 Å². The second kappa shape index (κ2) is 9.77. The van der Waals surface area contributed by atoms with E-state index in [0.29, 0.717) is 11.9 Å². The summed E-state index contributed by atoms with van der Waals surface area (Å²) >= 11 is 1.21. The third-order valence-corrected chi connectivity index (χ3v) is 8.30. The Labute approximate surface area is 215 Å². The Morgan fingerprint density at radius 2 is 1.86 bits per heavy atom. The second-order valence-corrected chi connectivity index (χ2v) is 12.1. The van der Waals surface area contributed by atoms with Crippen LogP contribution in [0.3, 0.4) is 0 Å². The number of hydrogen-bond acceptors (Lipinski definition) is 5. The van der Waals surface area contributed by atoms with Crippen LogP contribution in [0, 0.1) is 5.92 Å². The van der Waals surface area contributed by atoms with Crippen LogP contribution in [-0.2, 0) is 26.2 Å². The molecule has 190 valence electrons.